The first kappa shape index (κ1) is 10.5. The highest BCUT2D eigenvalue weighted by Gasteiger charge is 2.38. The summed E-state index contributed by atoms with van der Waals surface area (Å²) in [7, 11) is 1.86. The molecule has 1 atom stereocenters. The molecular weight excluding hydrogens is 168 g/mol. The second kappa shape index (κ2) is 3.64. The lowest BCUT2D eigenvalue weighted by atomic mass is 10.1. The van der Waals surface area contributed by atoms with E-state index in [0.717, 1.165) is 19.4 Å². The van der Waals surface area contributed by atoms with Gasteiger partial charge in [0.15, 0.2) is 0 Å². The van der Waals surface area contributed by atoms with Gasteiger partial charge in [-0.3, -0.25) is 9.69 Å². The lowest BCUT2D eigenvalue weighted by molar-refractivity contribution is -0.144. The van der Waals surface area contributed by atoms with Gasteiger partial charge < -0.3 is 10.4 Å². The van der Waals surface area contributed by atoms with Gasteiger partial charge in [0.1, 0.15) is 6.04 Å². The van der Waals surface area contributed by atoms with E-state index in [1.165, 1.54) is 0 Å². The van der Waals surface area contributed by atoms with E-state index in [4.69, 9.17) is 5.11 Å². The smallest absolute Gasteiger partial charge is 0.320 e. The number of hydrogen-bond donors (Lipinski definition) is 2. The van der Waals surface area contributed by atoms with E-state index in [9.17, 15) is 4.79 Å². The van der Waals surface area contributed by atoms with Crippen LogP contribution in [0.25, 0.3) is 0 Å². The molecule has 1 aliphatic heterocycles. The maximum atomic E-state index is 10.9. The number of carboxylic acid groups (broad SMARTS) is 1. The molecule has 0 amide bonds. The number of carboxylic acids is 1. The predicted molar refractivity (Wildman–Crippen MR) is 50.5 cm³/mol. The van der Waals surface area contributed by atoms with Crippen molar-refractivity contribution < 1.29 is 9.90 Å². The summed E-state index contributed by atoms with van der Waals surface area (Å²) in [5.74, 6) is -0.708. The van der Waals surface area contributed by atoms with Crippen LogP contribution in [0.2, 0.25) is 0 Å². The summed E-state index contributed by atoms with van der Waals surface area (Å²) >= 11 is 0. The fraction of sp³-hybridized carbons (Fsp3) is 0.889. The summed E-state index contributed by atoms with van der Waals surface area (Å²) in [5, 5.41) is 12.1. The van der Waals surface area contributed by atoms with Gasteiger partial charge in [0.05, 0.1) is 5.66 Å². The first-order chi connectivity index (χ1) is 5.99. The first-order valence-corrected chi connectivity index (χ1v) is 4.67. The summed E-state index contributed by atoms with van der Waals surface area (Å²) in [6, 6.07) is -0.317. The number of aliphatic carboxylic acids is 1. The third-order valence-corrected chi connectivity index (χ3v) is 2.87. The van der Waals surface area contributed by atoms with Gasteiger partial charge in [0.25, 0.3) is 0 Å². The summed E-state index contributed by atoms with van der Waals surface area (Å²) in [6.45, 7) is 4.88. The van der Waals surface area contributed by atoms with Crippen LogP contribution in [0.5, 0.6) is 0 Å². The van der Waals surface area contributed by atoms with Gasteiger partial charge in [-0.15, -0.1) is 0 Å². The largest absolute Gasteiger partial charge is 0.480 e. The average molecular weight is 186 g/mol. The van der Waals surface area contributed by atoms with Gasteiger partial charge in [-0.05, 0) is 33.7 Å². The van der Waals surface area contributed by atoms with Crippen LogP contribution in [0.15, 0.2) is 0 Å². The molecule has 1 fully saturated rings. The number of hydrogen-bond acceptors (Lipinski definition) is 3. The monoisotopic (exact) mass is 186 g/mol. The van der Waals surface area contributed by atoms with Gasteiger partial charge in [-0.1, -0.05) is 0 Å². The van der Waals surface area contributed by atoms with Crippen LogP contribution in [0.4, 0.5) is 0 Å². The minimum absolute atomic E-state index is 0.223. The van der Waals surface area contributed by atoms with Gasteiger partial charge >= 0.3 is 5.97 Å². The Morgan fingerprint density at radius 3 is 2.69 bits per heavy atom. The minimum Gasteiger partial charge on any atom is -0.480 e. The fourth-order valence-electron chi connectivity index (χ4n) is 1.84. The Labute approximate surface area is 78.9 Å². The standard InChI is InChI=1S/C9H18N2O2/c1-9(2,10-3)11-6-4-5-7(11)8(12)13/h7,10H,4-6H2,1-3H3,(H,12,13). The van der Waals surface area contributed by atoms with Crippen molar-refractivity contribution in [2.75, 3.05) is 13.6 Å². The van der Waals surface area contributed by atoms with Crippen molar-refractivity contribution >= 4 is 5.97 Å². The molecule has 0 aromatic heterocycles. The molecule has 4 heteroatoms. The van der Waals surface area contributed by atoms with E-state index in [-0.39, 0.29) is 11.7 Å². The Balaban J connectivity index is 2.73. The van der Waals surface area contributed by atoms with Crippen LogP contribution >= 0.6 is 0 Å². The van der Waals surface area contributed by atoms with Crippen molar-refractivity contribution in [2.24, 2.45) is 0 Å². The Morgan fingerprint density at radius 1 is 1.62 bits per heavy atom. The molecule has 0 aromatic rings. The third kappa shape index (κ3) is 2.00. The molecule has 13 heavy (non-hydrogen) atoms. The van der Waals surface area contributed by atoms with Crippen molar-refractivity contribution in [3.8, 4) is 0 Å². The zero-order valence-corrected chi connectivity index (χ0v) is 8.50. The van der Waals surface area contributed by atoms with Crippen LogP contribution in [0.1, 0.15) is 26.7 Å². The summed E-state index contributed by atoms with van der Waals surface area (Å²) in [4.78, 5) is 12.9. The normalized spacial score (nSPS) is 25.0. The number of carbonyl (C=O) groups is 1. The molecule has 1 saturated heterocycles. The topological polar surface area (TPSA) is 52.6 Å². The fourth-order valence-corrected chi connectivity index (χ4v) is 1.84. The van der Waals surface area contributed by atoms with E-state index < -0.39 is 5.97 Å². The van der Waals surface area contributed by atoms with Crippen LogP contribution < -0.4 is 5.32 Å². The molecule has 0 spiro atoms. The maximum absolute atomic E-state index is 10.9. The van der Waals surface area contributed by atoms with E-state index in [1.54, 1.807) is 0 Å². The quantitative estimate of drug-likeness (QED) is 0.673. The molecule has 1 rings (SSSR count). The van der Waals surface area contributed by atoms with Crippen LogP contribution in [0.3, 0.4) is 0 Å². The first-order valence-electron chi connectivity index (χ1n) is 4.67. The highest BCUT2D eigenvalue weighted by Crippen LogP contribution is 2.24. The molecule has 0 radical (unpaired) electrons. The van der Waals surface area contributed by atoms with Crippen molar-refractivity contribution in [1.29, 1.82) is 0 Å². The van der Waals surface area contributed by atoms with Crippen molar-refractivity contribution in [2.45, 2.75) is 38.4 Å². The van der Waals surface area contributed by atoms with Gasteiger partial charge in [-0.2, -0.15) is 0 Å². The lowest BCUT2D eigenvalue weighted by Crippen LogP contribution is -2.56. The third-order valence-electron chi connectivity index (χ3n) is 2.87. The summed E-state index contributed by atoms with van der Waals surface area (Å²) < 4.78 is 0. The van der Waals surface area contributed by atoms with E-state index in [1.807, 2.05) is 25.8 Å². The molecule has 1 aliphatic rings. The maximum Gasteiger partial charge on any atom is 0.320 e. The zero-order chi connectivity index (χ0) is 10.1. The highest BCUT2D eigenvalue weighted by atomic mass is 16.4. The molecule has 0 saturated carbocycles. The van der Waals surface area contributed by atoms with Crippen molar-refractivity contribution in [1.82, 2.24) is 10.2 Å². The van der Waals surface area contributed by atoms with Crippen LogP contribution in [-0.4, -0.2) is 41.3 Å². The molecular formula is C9H18N2O2. The SMILES string of the molecule is CNC(C)(C)N1CCCC1C(=O)O. The average Bonchev–Trinajstić information content (AvgIpc) is 2.52. The van der Waals surface area contributed by atoms with Crippen LogP contribution in [-0.2, 0) is 4.79 Å². The van der Waals surface area contributed by atoms with E-state index >= 15 is 0 Å². The number of likely N-dealkylation sites (tertiary alicyclic amines) is 1. The summed E-state index contributed by atoms with van der Waals surface area (Å²) in [6.07, 6.45) is 1.74. The predicted octanol–water partition coefficient (Wildman–Crippen LogP) is 0.491. The highest BCUT2D eigenvalue weighted by molar-refractivity contribution is 5.73. The van der Waals surface area contributed by atoms with Crippen LogP contribution in [0, 0.1) is 0 Å². The minimum atomic E-state index is -0.708. The molecule has 2 N–H and O–H groups in total. The van der Waals surface area contributed by atoms with Gasteiger partial charge in [-0.25, -0.2) is 0 Å². The Morgan fingerprint density at radius 2 is 2.23 bits per heavy atom. The van der Waals surface area contributed by atoms with Gasteiger partial charge in [0.2, 0.25) is 0 Å². The van der Waals surface area contributed by atoms with Crippen molar-refractivity contribution in [3.05, 3.63) is 0 Å². The number of nitrogens with one attached hydrogen (secondary N) is 1. The van der Waals surface area contributed by atoms with Gasteiger partial charge in [0, 0.05) is 6.54 Å². The van der Waals surface area contributed by atoms with E-state index in [0.29, 0.717) is 0 Å². The number of nitrogens with zero attached hydrogens (tertiary/aromatic N) is 1. The second-order valence-corrected chi connectivity index (χ2v) is 4.00. The molecule has 76 valence electrons. The molecule has 1 heterocycles. The second-order valence-electron chi connectivity index (χ2n) is 4.00. The molecule has 4 nitrogen and oxygen atoms in total. The Kier molecular flexibility index (Phi) is 2.93. The Bertz CT molecular complexity index is 204. The lowest BCUT2D eigenvalue weighted by Gasteiger charge is -2.37. The zero-order valence-electron chi connectivity index (χ0n) is 8.50. The molecule has 1 unspecified atom stereocenters. The number of rotatable bonds is 3. The molecule has 0 aromatic carbocycles. The molecule has 0 bridgehead atoms. The Hall–Kier alpha value is -0.610. The summed E-state index contributed by atoms with van der Waals surface area (Å²) in [5.41, 5.74) is -0.223. The van der Waals surface area contributed by atoms with Crippen molar-refractivity contribution in [3.63, 3.8) is 0 Å². The molecule has 0 aliphatic carbocycles. The van der Waals surface area contributed by atoms with E-state index in [2.05, 4.69) is 5.32 Å².